The van der Waals surface area contributed by atoms with Gasteiger partial charge in [0.05, 0.1) is 68.3 Å². The third-order valence-electron chi connectivity index (χ3n) is 21.3. The highest BCUT2D eigenvalue weighted by Crippen LogP contribution is 2.30. The van der Waals surface area contributed by atoms with Crippen LogP contribution in [0.25, 0.3) is 10.9 Å². The molecule has 0 aliphatic carbocycles. The predicted octanol–water partition coefficient (Wildman–Crippen LogP) is 0.259. The number of carbonyl (C=O) groups excluding carboxylic acids is 11. The van der Waals surface area contributed by atoms with E-state index in [4.69, 9.17) is 0 Å². The first-order chi connectivity index (χ1) is 57.3. The lowest BCUT2D eigenvalue weighted by molar-refractivity contribution is -0.148. The van der Waals surface area contributed by atoms with Gasteiger partial charge in [-0.1, -0.05) is 82.3 Å². The fourth-order valence-corrected chi connectivity index (χ4v) is 17.0. The molecule has 3 aliphatic rings. The highest BCUT2D eigenvalue weighted by Gasteiger charge is 2.40. The van der Waals surface area contributed by atoms with Gasteiger partial charge < -0.3 is 82.8 Å². The van der Waals surface area contributed by atoms with Gasteiger partial charge in [-0.2, -0.15) is 0 Å². The van der Waals surface area contributed by atoms with Gasteiger partial charge in [-0.15, -0.1) is 0 Å². The number of ketones is 3. The summed E-state index contributed by atoms with van der Waals surface area (Å²) in [4.78, 5) is 225. The van der Waals surface area contributed by atoms with Crippen LogP contribution < -0.4 is 37.2 Å². The topological polar surface area (TPSA) is 527 Å². The molecule has 650 valence electrons. The fraction of sp³-hybridized carbons (Fsp3) is 0.512. The lowest BCUT2D eigenvalue weighted by Crippen LogP contribution is -2.59. The molecule has 8 rings (SSSR count). The Balaban J connectivity index is 1.12. The van der Waals surface area contributed by atoms with E-state index in [1.807, 2.05) is 0 Å². The van der Waals surface area contributed by atoms with E-state index in [1.165, 1.54) is 60.6 Å². The van der Waals surface area contributed by atoms with Crippen LogP contribution in [-0.4, -0.2) is 316 Å². The van der Waals surface area contributed by atoms with E-state index in [0.717, 1.165) is 35.4 Å². The first-order valence-electron chi connectivity index (χ1n) is 39.9. The number of aromatic amines is 1. The molecule has 3 unspecified atom stereocenters. The van der Waals surface area contributed by atoms with Crippen molar-refractivity contribution in [1.82, 2.24) is 71.7 Å². The molecule has 0 spiro atoms. The number of benzene rings is 3. The number of aliphatic hydroxyl groups is 2. The SMILES string of the molecule is CC(O)[C@H](CC(=O)[C@@H]1CSSC[C@H](CC(=O)[C@@H](Cc2ccccc2)NC(=O)CN2CCN(CC(=O)O)CCN(CC(=O)O)CCN(CC(=O)O)CC2)C(=O)N[C@@H](Cc2ccc(O)cc2)C(=O)C[C@H](Cc2c[nH]c3ccccc23)C(=O)N[C@@H](CCCCNC(=O)C2CCCN2C(=O)[C@@H](C)NC(=O)c2ccncc2)C(=O)N[C@@H](C(C)O)C(=O)N1)C(=O)O. The van der Waals surface area contributed by atoms with Gasteiger partial charge in [-0.05, 0) is 119 Å². The molecular formula is C82H108N14O22S2. The Hall–Kier alpha value is -10.7. The molecule has 3 aromatic carbocycles. The Morgan fingerprint density at radius 1 is 0.600 bits per heavy atom. The van der Waals surface area contributed by atoms with Crippen molar-refractivity contribution in [2.24, 2.45) is 17.8 Å². The first-order valence-corrected chi connectivity index (χ1v) is 42.4. The van der Waals surface area contributed by atoms with Crippen LogP contribution in [0.2, 0.25) is 0 Å². The minimum Gasteiger partial charge on any atom is -0.508 e. The number of aliphatic hydroxyl groups excluding tert-OH is 2. The number of Topliss-reactive ketones (excluding diaryl/α,β-unsaturated/α-hetero) is 3. The molecule has 0 saturated carbocycles. The number of rotatable bonds is 33. The van der Waals surface area contributed by atoms with Gasteiger partial charge >= 0.3 is 23.9 Å². The van der Waals surface area contributed by atoms with Crippen LogP contribution in [0.4, 0.5) is 0 Å². The molecule has 12 atom stereocenters. The van der Waals surface area contributed by atoms with Crippen molar-refractivity contribution in [1.29, 1.82) is 0 Å². The van der Waals surface area contributed by atoms with Crippen LogP contribution in [-0.2, 0) is 86.4 Å². The monoisotopic (exact) mass is 1700 g/mol. The number of aromatic nitrogens is 2. The van der Waals surface area contributed by atoms with Crippen molar-refractivity contribution in [3.8, 4) is 5.75 Å². The quantitative estimate of drug-likeness (QED) is 0.0198. The van der Waals surface area contributed by atoms with Gasteiger partial charge in [0.1, 0.15) is 29.9 Å². The van der Waals surface area contributed by atoms with Gasteiger partial charge in [-0.25, -0.2) is 0 Å². The maximum Gasteiger partial charge on any atom is 0.317 e. The number of carboxylic acids is 4. The Bertz CT molecular complexity index is 4340. The Labute approximate surface area is 701 Å². The van der Waals surface area contributed by atoms with Crippen molar-refractivity contribution >= 4 is 121 Å². The molecule has 120 heavy (non-hydrogen) atoms. The second-order valence-electron chi connectivity index (χ2n) is 30.5. The summed E-state index contributed by atoms with van der Waals surface area (Å²) >= 11 is 0. The number of phenols is 1. The van der Waals surface area contributed by atoms with Crippen molar-refractivity contribution in [3.05, 3.63) is 132 Å². The van der Waals surface area contributed by atoms with Gasteiger partial charge in [-0.3, -0.25) is 96.5 Å². The third-order valence-corrected chi connectivity index (χ3v) is 23.8. The number of likely N-dealkylation sites (tertiary alicyclic amines) is 1. The first kappa shape index (κ1) is 94.7. The van der Waals surface area contributed by atoms with Crippen LogP contribution in [0.1, 0.15) is 99.2 Å². The fourth-order valence-electron chi connectivity index (χ4n) is 14.5. The number of H-pyrrole nitrogens is 1. The van der Waals surface area contributed by atoms with Gasteiger partial charge in [0, 0.05) is 137 Å². The number of carbonyl (C=O) groups is 15. The molecule has 0 radical (unpaired) electrons. The van der Waals surface area contributed by atoms with Crippen LogP contribution in [0.15, 0.2) is 110 Å². The minimum absolute atomic E-state index is 0.0132. The summed E-state index contributed by atoms with van der Waals surface area (Å²) < 4.78 is 0. The summed E-state index contributed by atoms with van der Waals surface area (Å²) in [6, 6.07) is 14.4. The summed E-state index contributed by atoms with van der Waals surface area (Å²) in [7, 11) is 1.79. The summed E-state index contributed by atoms with van der Waals surface area (Å²) in [6.07, 6.45) is -0.767. The van der Waals surface area contributed by atoms with Gasteiger partial charge in [0.15, 0.2) is 17.3 Å². The molecular weight excluding hydrogens is 1600 g/mol. The second kappa shape index (κ2) is 47.3. The van der Waals surface area contributed by atoms with E-state index in [9.17, 15) is 83.7 Å². The number of aromatic hydroxyl groups is 1. The van der Waals surface area contributed by atoms with E-state index in [0.29, 0.717) is 40.4 Å². The Morgan fingerprint density at radius 2 is 1.18 bits per heavy atom. The van der Waals surface area contributed by atoms with Gasteiger partial charge in [0.2, 0.25) is 41.4 Å². The van der Waals surface area contributed by atoms with Crippen molar-refractivity contribution in [2.45, 2.75) is 146 Å². The number of phenolic OH excluding ortho intramolecular Hbond substituents is 1. The second-order valence-corrected chi connectivity index (χ2v) is 33.1. The smallest absolute Gasteiger partial charge is 0.317 e. The number of fused-ring (bicyclic) bond motifs is 1. The maximum absolute atomic E-state index is 15.6. The molecule has 5 heterocycles. The number of carboxylic acid groups (broad SMARTS) is 4. The maximum atomic E-state index is 15.6. The molecule has 2 aromatic heterocycles. The lowest BCUT2D eigenvalue weighted by atomic mass is 9.88. The van der Waals surface area contributed by atoms with E-state index in [1.54, 1.807) is 80.4 Å². The number of amides is 8. The molecule has 15 N–H and O–H groups in total. The largest absolute Gasteiger partial charge is 0.508 e. The van der Waals surface area contributed by atoms with Crippen molar-refractivity contribution in [2.75, 3.05) is 103 Å². The molecule has 3 fully saturated rings. The number of para-hydroxylation sites is 1. The van der Waals surface area contributed by atoms with E-state index >= 15 is 24.0 Å². The van der Waals surface area contributed by atoms with Crippen LogP contribution in [0, 0.1) is 17.8 Å². The molecule has 8 amide bonds. The predicted molar refractivity (Wildman–Crippen MR) is 440 cm³/mol. The van der Waals surface area contributed by atoms with Crippen LogP contribution >= 0.6 is 21.6 Å². The van der Waals surface area contributed by atoms with Gasteiger partial charge in [0.25, 0.3) is 5.91 Å². The van der Waals surface area contributed by atoms with Crippen molar-refractivity contribution < 1.29 is 108 Å². The third kappa shape index (κ3) is 30.2. The van der Waals surface area contributed by atoms with Crippen molar-refractivity contribution in [3.63, 3.8) is 0 Å². The highest BCUT2D eigenvalue weighted by atomic mass is 33.1. The zero-order chi connectivity index (χ0) is 87.1. The molecule has 5 aromatic rings. The lowest BCUT2D eigenvalue weighted by Gasteiger charge is -2.33. The molecule has 0 bridgehead atoms. The normalized spacial score (nSPS) is 21.7. The number of nitrogens with one attached hydrogen (secondary N) is 8. The molecule has 36 nitrogen and oxygen atoms in total. The van der Waals surface area contributed by atoms with Crippen LogP contribution in [0.5, 0.6) is 5.75 Å². The molecule has 3 aliphatic heterocycles. The average molecular weight is 1710 g/mol. The summed E-state index contributed by atoms with van der Waals surface area (Å²) in [5.41, 5.74) is 2.47. The zero-order valence-electron chi connectivity index (χ0n) is 67.2. The average Bonchev–Trinajstić information content (AvgIpc) is 1.70. The number of pyridine rings is 1. The van der Waals surface area contributed by atoms with E-state index in [2.05, 4.69) is 47.2 Å². The number of hydrogen-bond acceptors (Lipinski definition) is 25. The minimum atomic E-state index is -1.90. The molecule has 3 saturated heterocycles. The standard InChI is InChI=1S/C82H108N14O22S2/c1-49(86-75(110)54-22-25-83-26-23-54)81(116)96-27-11-17-66(96)79(114)84-24-10-9-16-62-78(113)91-74(51(3)98)80(115)90-65(69(102)41-60(50(2)97)82(117)118)48-120-119-47-57(77(112)89-64(37-53-18-20-58(99)21-19-53)67(100)39-55(76(111)88-62)38-56-42-85-61-15-8-7-14-59(56)61)40-68(101)63(36-52-12-5-4-6-13-52)87-70(103)43-92-28-30-93(44-71(104)105)32-34-95(46-73(108)109)35-33-94(31-29-92)45-72(106)107/h4-8,12-15,18-23,25-26,42,49-51,55,57,60,62-66,74,85,97-99H,9-11,16-17,24,27-41,43-48H2,1-3H3,(H,84,114)(H,86,110)(H,87,103)(H,88,111)(H,89,112)(H,90,115)(H,91,113)(H,104,105)(H,106,107)(H,108,109)(H,117,118)/t49-,50?,51?,55+,57+,60+,62+,63-,64+,65+,66?,74+/m1/s1. The molecule has 38 heteroatoms. The zero-order valence-corrected chi connectivity index (χ0v) is 68.8. The summed E-state index contributed by atoms with van der Waals surface area (Å²) in [5.74, 6) is -19.0. The highest BCUT2D eigenvalue weighted by molar-refractivity contribution is 8.76. The summed E-state index contributed by atoms with van der Waals surface area (Å²) in [6.45, 7) is 2.94. The van der Waals surface area contributed by atoms with E-state index in [-0.39, 0.29) is 121 Å². The number of nitrogens with zero attached hydrogens (tertiary/aromatic N) is 6. The number of unbranched alkanes of at least 4 members (excludes halogenated alkanes) is 1. The summed E-state index contributed by atoms with van der Waals surface area (Å²) in [5, 5.41) is 91.8. The Morgan fingerprint density at radius 3 is 1.78 bits per heavy atom. The van der Waals surface area contributed by atoms with Crippen LogP contribution in [0.3, 0.4) is 0 Å². The number of hydrogen-bond donors (Lipinski definition) is 15. The number of aliphatic carboxylic acids is 4. The van der Waals surface area contributed by atoms with E-state index < -0.39 is 212 Å². The Kier molecular flexibility index (Phi) is 37.3.